The molecule has 0 amide bonds. The lowest BCUT2D eigenvalue weighted by Crippen LogP contribution is -2.00. The molecule has 2 rings (SSSR count). The Morgan fingerprint density at radius 3 is 2.79 bits per heavy atom. The molecule has 4 nitrogen and oxygen atoms in total. The molecule has 1 aromatic heterocycles. The highest BCUT2D eigenvalue weighted by Gasteiger charge is 2.45. The number of aromatic nitrogens is 2. The summed E-state index contributed by atoms with van der Waals surface area (Å²) in [6.45, 7) is 0. The zero-order chi connectivity index (χ0) is 10.3. The molecule has 1 N–H and O–H groups in total. The van der Waals surface area contributed by atoms with Crippen molar-refractivity contribution < 1.29 is 9.90 Å². The van der Waals surface area contributed by atoms with Crippen LogP contribution >= 0.6 is 23.2 Å². The van der Waals surface area contributed by atoms with E-state index in [1.807, 2.05) is 0 Å². The SMILES string of the molecule is O=C(O)C1CC1c1cc(Cl)nnc1Cl. The Morgan fingerprint density at radius 2 is 2.21 bits per heavy atom. The lowest BCUT2D eigenvalue weighted by Gasteiger charge is -2.00. The molecule has 1 saturated carbocycles. The van der Waals surface area contributed by atoms with Gasteiger partial charge in [-0.15, -0.1) is 10.2 Å². The smallest absolute Gasteiger partial charge is 0.307 e. The number of carboxylic acids is 1. The van der Waals surface area contributed by atoms with Crippen LogP contribution in [0.4, 0.5) is 0 Å². The van der Waals surface area contributed by atoms with Crippen molar-refractivity contribution in [3.8, 4) is 0 Å². The van der Waals surface area contributed by atoms with Crippen LogP contribution in [-0.2, 0) is 4.79 Å². The summed E-state index contributed by atoms with van der Waals surface area (Å²) in [5, 5.41) is 16.4. The highest BCUT2D eigenvalue weighted by molar-refractivity contribution is 6.31. The number of carboxylic acid groups (broad SMARTS) is 1. The first-order valence-electron chi connectivity index (χ1n) is 4.01. The van der Waals surface area contributed by atoms with Crippen molar-refractivity contribution in [1.82, 2.24) is 10.2 Å². The molecule has 0 saturated heterocycles. The van der Waals surface area contributed by atoms with Gasteiger partial charge < -0.3 is 5.11 Å². The van der Waals surface area contributed by atoms with Crippen LogP contribution in [0.5, 0.6) is 0 Å². The van der Waals surface area contributed by atoms with E-state index in [0.29, 0.717) is 12.0 Å². The van der Waals surface area contributed by atoms with Gasteiger partial charge >= 0.3 is 5.97 Å². The van der Waals surface area contributed by atoms with E-state index in [9.17, 15) is 4.79 Å². The third-order valence-corrected chi connectivity index (χ3v) is 2.73. The minimum Gasteiger partial charge on any atom is -0.481 e. The van der Waals surface area contributed by atoms with Gasteiger partial charge in [0.15, 0.2) is 10.3 Å². The van der Waals surface area contributed by atoms with Crippen molar-refractivity contribution in [2.24, 2.45) is 5.92 Å². The Balaban J connectivity index is 2.26. The Kier molecular flexibility index (Phi) is 2.33. The molecule has 74 valence electrons. The molecule has 2 atom stereocenters. The number of nitrogens with zero attached hydrogens (tertiary/aromatic N) is 2. The van der Waals surface area contributed by atoms with E-state index >= 15 is 0 Å². The normalized spacial score (nSPS) is 24.7. The van der Waals surface area contributed by atoms with Gasteiger partial charge in [-0.1, -0.05) is 23.2 Å². The minimum absolute atomic E-state index is 0.0620. The number of hydrogen-bond donors (Lipinski definition) is 1. The third-order valence-electron chi connectivity index (χ3n) is 2.25. The standard InChI is InChI=1S/C8H6Cl2N2O2/c9-6-2-4(7(10)12-11-6)3-1-5(3)8(13)14/h2-3,5H,1H2,(H,13,14). The average molecular weight is 233 g/mol. The zero-order valence-electron chi connectivity index (χ0n) is 6.94. The topological polar surface area (TPSA) is 63.1 Å². The van der Waals surface area contributed by atoms with Crippen LogP contribution in [0.3, 0.4) is 0 Å². The van der Waals surface area contributed by atoms with Gasteiger partial charge in [-0.05, 0) is 18.1 Å². The van der Waals surface area contributed by atoms with Gasteiger partial charge in [-0.25, -0.2) is 0 Å². The lowest BCUT2D eigenvalue weighted by molar-refractivity contribution is -0.138. The quantitative estimate of drug-likeness (QED) is 0.848. The van der Waals surface area contributed by atoms with E-state index in [4.69, 9.17) is 28.3 Å². The van der Waals surface area contributed by atoms with Gasteiger partial charge in [0.05, 0.1) is 5.92 Å². The van der Waals surface area contributed by atoms with Gasteiger partial charge in [0, 0.05) is 5.92 Å². The number of carbonyl (C=O) groups is 1. The predicted octanol–water partition coefficient (Wildman–Crippen LogP) is 1.97. The van der Waals surface area contributed by atoms with E-state index in [0.717, 1.165) is 0 Å². The molecule has 0 aromatic carbocycles. The second kappa shape index (κ2) is 3.37. The monoisotopic (exact) mass is 232 g/mol. The van der Waals surface area contributed by atoms with Gasteiger partial charge in [0.25, 0.3) is 0 Å². The molecule has 1 fully saturated rings. The van der Waals surface area contributed by atoms with Crippen LogP contribution in [-0.4, -0.2) is 21.3 Å². The van der Waals surface area contributed by atoms with Crippen LogP contribution in [0.15, 0.2) is 6.07 Å². The average Bonchev–Trinajstić information content (AvgIpc) is 2.88. The Bertz CT molecular complexity index is 397. The fourth-order valence-electron chi connectivity index (χ4n) is 1.44. The van der Waals surface area contributed by atoms with Crippen LogP contribution in [0.1, 0.15) is 17.9 Å². The van der Waals surface area contributed by atoms with E-state index in [1.54, 1.807) is 6.07 Å². The first-order chi connectivity index (χ1) is 6.59. The van der Waals surface area contributed by atoms with E-state index in [2.05, 4.69) is 10.2 Å². The third kappa shape index (κ3) is 1.67. The molecule has 0 spiro atoms. The predicted molar refractivity (Wildman–Crippen MR) is 50.5 cm³/mol. The largest absolute Gasteiger partial charge is 0.481 e. The fourth-order valence-corrected chi connectivity index (χ4v) is 1.83. The number of halogens is 2. The highest BCUT2D eigenvalue weighted by Crippen LogP contribution is 2.49. The van der Waals surface area contributed by atoms with Crippen LogP contribution in [0.2, 0.25) is 10.3 Å². The fraction of sp³-hybridized carbons (Fsp3) is 0.375. The number of hydrogen-bond acceptors (Lipinski definition) is 3. The molecule has 0 aliphatic heterocycles. The summed E-state index contributed by atoms with van der Waals surface area (Å²) < 4.78 is 0. The summed E-state index contributed by atoms with van der Waals surface area (Å²) in [4.78, 5) is 10.6. The van der Waals surface area contributed by atoms with Crippen molar-refractivity contribution in [3.05, 3.63) is 21.9 Å². The second-order valence-electron chi connectivity index (χ2n) is 3.20. The molecule has 1 aliphatic rings. The van der Waals surface area contributed by atoms with Gasteiger partial charge in [0.2, 0.25) is 0 Å². The molecular formula is C8H6Cl2N2O2. The van der Waals surface area contributed by atoms with Crippen LogP contribution in [0, 0.1) is 5.92 Å². The van der Waals surface area contributed by atoms with E-state index in [-0.39, 0.29) is 22.1 Å². The van der Waals surface area contributed by atoms with Crippen LogP contribution < -0.4 is 0 Å². The first kappa shape index (κ1) is 9.68. The summed E-state index contributed by atoms with van der Waals surface area (Å²) >= 11 is 11.4. The number of aliphatic carboxylic acids is 1. The van der Waals surface area contributed by atoms with Crippen molar-refractivity contribution in [1.29, 1.82) is 0 Å². The molecule has 1 heterocycles. The van der Waals surface area contributed by atoms with Crippen molar-refractivity contribution >= 4 is 29.2 Å². The van der Waals surface area contributed by atoms with Crippen molar-refractivity contribution in [2.75, 3.05) is 0 Å². The van der Waals surface area contributed by atoms with Crippen LogP contribution in [0.25, 0.3) is 0 Å². The van der Waals surface area contributed by atoms with E-state index in [1.165, 1.54) is 0 Å². The zero-order valence-corrected chi connectivity index (χ0v) is 8.46. The Morgan fingerprint density at radius 1 is 1.50 bits per heavy atom. The Hall–Kier alpha value is -0.870. The lowest BCUT2D eigenvalue weighted by atomic mass is 10.2. The molecular weight excluding hydrogens is 227 g/mol. The van der Waals surface area contributed by atoms with Gasteiger partial charge in [-0.2, -0.15) is 0 Å². The van der Waals surface area contributed by atoms with Gasteiger partial charge in [-0.3, -0.25) is 4.79 Å². The molecule has 14 heavy (non-hydrogen) atoms. The molecule has 2 unspecified atom stereocenters. The molecule has 1 aromatic rings. The highest BCUT2D eigenvalue weighted by atomic mass is 35.5. The summed E-state index contributed by atoms with van der Waals surface area (Å²) in [7, 11) is 0. The van der Waals surface area contributed by atoms with E-state index < -0.39 is 5.97 Å². The van der Waals surface area contributed by atoms with Crippen molar-refractivity contribution in [3.63, 3.8) is 0 Å². The maximum atomic E-state index is 10.6. The molecule has 0 radical (unpaired) electrons. The number of rotatable bonds is 2. The summed E-state index contributed by atoms with van der Waals surface area (Å²) in [5.74, 6) is -1.22. The summed E-state index contributed by atoms with van der Waals surface area (Å²) in [6.07, 6.45) is 0.594. The second-order valence-corrected chi connectivity index (χ2v) is 3.95. The molecule has 1 aliphatic carbocycles. The molecule has 6 heteroatoms. The maximum Gasteiger partial charge on any atom is 0.307 e. The summed E-state index contributed by atoms with van der Waals surface area (Å²) in [5.41, 5.74) is 0.680. The summed E-state index contributed by atoms with van der Waals surface area (Å²) in [6, 6.07) is 1.57. The van der Waals surface area contributed by atoms with Gasteiger partial charge in [0.1, 0.15) is 0 Å². The Labute approximate surface area is 89.9 Å². The van der Waals surface area contributed by atoms with Crippen molar-refractivity contribution in [2.45, 2.75) is 12.3 Å². The maximum absolute atomic E-state index is 10.6. The minimum atomic E-state index is -0.806. The first-order valence-corrected chi connectivity index (χ1v) is 4.76. The molecule has 0 bridgehead atoms.